The summed E-state index contributed by atoms with van der Waals surface area (Å²) in [7, 11) is 0. The van der Waals surface area contributed by atoms with Crippen LogP contribution in [0.25, 0.3) is 10.8 Å². The number of benzene rings is 1. The van der Waals surface area contributed by atoms with Gasteiger partial charge in [-0.15, -0.1) is 0 Å². The number of hydrogen-bond donors (Lipinski definition) is 0. The smallest absolute Gasteiger partial charge is 0.230 e. The Morgan fingerprint density at radius 1 is 1.31 bits per heavy atom. The van der Waals surface area contributed by atoms with Crippen molar-refractivity contribution in [1.82, 2.24) is 4.57 Å². The van der Waals surface area contributed by atoms with E-state index in [0.29, 0.717) is 12.3 Å². The van der Waals surface area contributed by atoms with Gasteiger partial charge in [0.25, 0.3) is 0 Å². The van der Waals surface area contributed by atoms with Crippen LogP contribution in [0.1, 0.15) is 24.1 Å². The van der Waals surface area contributed by atoms with Crippen LogP contribution >= 0.6 is 15.9 Å². The van der Waals surface area contributed by atoms with Crippen LogP contribution in [0.4, 0.5) is 0 Å². The lowest BCUT2D eigenvalue weighted by Crippen LogP contribution is -2.08. The average Bonchev–Trinajstić information content (AvgIpc) is 2.95. The molecule has 2 aromatic rings. The second kappa shape index (κ2) is 3.74. The second-order valence-electron chi connectivity index (χ2n) is 4.48. The van der Waals surface area contributed by atoms with Crippen LogP contribution in [0.15, 0.2) is 35.1 Å². The van der Waals surface area contributed by atoms with Crippen molar-refractivity contribution in [3.05, 3.63) is 35.1 Å². The summed E-state index contributed by atoms with van der Waals surface area (Å²) in [4.78, 5) is 11.9. The Morgan fingerprint density at radius 2 is 2.06 bits per heavy atom. The molecule has 0 saturated heterocycles. The summed E-state index contributed by atoms with van der Waals surface area (Å²) in [5, 5.41) is 2.23. The van der Waals surface area contributed by atoms with E-state index in [-0.39, 0.29) is 5.91 Å². The van der Waals surface area contributed by atoms with Gasteiger partial charge in [0.15, 0.2) is 0 Å². The third-order valence-electron chi connectivity index (χ3n) is 3.05. The number of halogens is 1. The van der Waals surface area contributed by atoms with Crippen LogP contribution < -0.4 is 0 Å². The van der Waals surface area contributed by atoms with E-state index in [1.54, 1.807) is 4.57 Å². The van der Waals surface area contributed by atoms with Crippen molar-refractivity contribution >= 4 is 32.6 Å². The summed E-state index contributed by atoms with van der Waals surface area (Å²) in [6.07, 6.45) is 6.98. The first-order chi connectivity index (χ1) is 7.72. The molecular formula is C13H12BrNO. The molecule has 0 N–H and O–H groups in total. The van der Waals surface area contributed by atoms with Gasteiger partial charge in [-0.25, -0.2) is 0 Å². The zero-order chi connectivity index (χ0) is 11.1. The molecule has 1 aliphatic rings. The normalized spacial score (nSPS) is 15.6. The molecule has 0 aliphatic heterocycles. The quantitative estimate of drug-likeness (QED) is 0.818. The van der Waals surface area contributed by atoms with Crippen LogP contribution in [0.5, 0.6) is 0 Å². The van der Waals surface area contributed by atoms with Crippen molar-refractivity contribution in [2.24, 2.45) is 5.92 Å². The third kappa shape index (κ3) is 1.92. The zero-order valence-electron chi connectivity index (χ0n) is 8.82. The molecule has 1 heterocycles. The van der Waals surface area contributed by atoms with Gasteiger partial charge in [0.2, 0.25) is 5.91 Å². The number of aromatic nitrogens is 1. The lowest BCUT2D eigenvalue weighted by Gasteiger charge is -1.98. The Morgan fingerprint density at radius 3 is 2.81 bits per heavy atom. The molecule has 1 saturated carbocycles. The van der Waals surface area contributed by atoms with Gasteiger partial charge in [-0.1, -0.05) is 22.0 Å². The van der Waals surface area contributed by atoms with Crippen LogP contribution in [-0.2, 0) is 0 Å². The van der Waals surface area contributed by atoms with E-state index in [1.807, 2.05) is 30.6 Å². The summed E-state index contributed by atoms with van der Waals surface area (Å²) >= 11 is 3.43. The average molecular weight is 278 g/mol. The summed E-state index contributed by atoms with van der Waals surface area (Å²) in [6.45, 7) is 0. The van der Waals surface area contributed by atoms with Gasteiger partial charge in [-0.3, -0.25) is 9.36 Å². The lowest BCUT2D eigenvalue weighted by atomic mass is 10.2. The van der Waals surface area contributed by atoms with E-state index in [4.69, 9.17) is 0 Å². The van der Waals surface area contributed by atoms with Gasteiger partial charge >= 0.3 is 0 Å². The van der Waals surface area contributed by atoms with Gasteiger partial charge in [0.1, 0.15) is 0 Å². The molecule has 2 nitrogen and oxygen atoms in total. The zero-order valence-corrected chi connectivity index (χ0v) is 10.4. The van der Waals surface area contributed by atoms with E-state index >= 15 is 0 Å². The number of rotatable bonds is 2. The number of carbonyl (C=O) groups excluding carboxylic acids is 1. The monoisotopic (exact) mass is 277 g/mol. The minimum atomic E-state index is 0.217. The molecule has 82 valence electrons. The van der Waals surface area contributed by atoms with Gasteiger partial charge in [-0.2, -0.15) is 0 Å². The highest BCUT2D eigenvalue weighted by atomic mass is 79.9. The van der Waals surface area contributed by atoms with Gasteiger partial charge in [-0.05, 0) is 36.3 Å². The van der Waals surface area contributed by atoms with Crippen molar-refractivity contribution in [3.8, 4) is 0 Å². The molecule has 1 fully saturated rings. The maximum atomic E-state index is 11.9. The fourth-order valence-electron chi connectivity index (χ4n) is 1.93. The van der Waals surface area contributed by atoms with E-state index in [0.717, 1.165) is 15.2 Å². The fraction of sp³-hybridized carbons (Fsp3) is 0.308. The Kier molecular flexibility index (Phi) is 2.36. The van der Waals surface area contributed by atoms with E-state index < -0.39 is 0 Å². The van der Waals surface area contributed by atoms with Crippen LogP contribution in [0, 0.1) is 5.92 Å². The molecular weight excluding hydrogens is 266 g/mol. The predicted molar refractivity (Wildman–Crippen MR) is 67.6 cm³/mol. The highest BCUT2D eigenvalue weighted by Gasteiger charge is 2.24. The molecule has 0 unspecified atom stereocenters. The highest BCUT2D eigenvalue weighted by Crippen LogP contribution is 2.33. The molecule has 0 atom stereocenters. The molecule has 0 radical (unpaired) electrons. The summed E-state index contributed by atoms with van der Waals surface area (Å²) in [6, 6.07) is 6.06. The first-order valence-electron chi connectivity index (χ1n) is 5.53. The maximum Gasteiger partial charge on any atom is 0.230 e. The topological polar surface area (TPSA) is 22.0 Å². The van der Waals surface area contributed by atoms with Crippen molar-refractivity contribution < 1.29 is 4.79 Å². The Balaban J connectivity index is 1.94. The third-order valence-corrected chi connectivity index (χ3v) is 3.55. The largest absolute Gasteiger partial charge is 0.293 e. The first kappa shape index (κ1) is 10.1. The molecule has 1 aromatic carbocycles. The van der Waals surface area contributed by atoms with E-state index in [1.165, 1.54) is 12.8 Å². The summed E-state index contributed by atoms with van der Waals surface area (Å²) in [5.74, 6) is 0.861. The van der Waals surface area contributed by atoms with E-state index in [2.05, 4.69) is 15.9 Å². The van der Waals surface area contributed by atoms with Crippen molar-refractivity contribution in [1.29, 1.82) is 0 Å². The first-order valence-corrected chi connectivity index (χ1v) is 6.32. The van der Waals surface area contributed by atoms with E-state index in [9.17, 15) is 4.79 Å². The van der Waals surface area contributed by atoms with Gasteiger partial charge < -0.3 is 0 Å². The highest BCUT2D eigenvalue weighted by molar-refractivity contribution is 9.10. The number of hydrogen-bond acceptors (Lipinski definition) is 1. The Labute approximate surface area is 102 Å². The Bertz CT molecular complexity index is 554. The Hall–Kier alpha value is -1.09. The van der Waals surface area contributed by atoms with Gasteiger partial charge in [0.05, 0.1) is 0 Å². The number of nitrogens with zero attached hydrogens (tertiary/aromatic N) is 1. The fourth-order valence-corrected chi connectivity index (χ4v) is 2.31. The number of fused-ring (bicyclic) bond motifs is 1. The van der Waals surface area contributed by atoms with Crippen LogP contribution in [0.2, 0.25) is 0 Å². The van der Waals surface area contributed by atoms with Crippen LogP contribution in [0.3, 0.4) is 0 Å². The second-order valence-corrected chi connectivity index (χ2v) is 5.40. The number of carbonyl (C=O) groups is 1. The molecule has 1 aliphatic carbocycles. The van der Waals surface area contributed by atoms with Gasteiger partial charge in [0, 0.05) is 28.7 Å². The molecule has 0 bridgehead atoms. The van der Waals surface area contributed by atoms with Crippen molar-refractivity contribution in [2.45, 2.75) is 19.3 Å². The minimum Gasteiger partial charge on any atom is -0.293 e. The molecule has 16 heavy (non-hydrogen) atoms. The molecule has 1 aromatic heterocycles. The van der Waals surface area contributed by atoms with Crippen molar-refractivity contribution in [2.75, 3.05) is 0 Å². The SMILES string of the molecule is O=C(CC1CC1)n1cc2ccc(Br)cc2c1. The van der Waals surface area contributed by atoms with Crippen molar-refractivity contribution in [3.63, 3.8) is 0 Å². The summed E-state index contributed by atoms with van der Waals surface area (Å²) < 4.78 is 2.78. The summed E-state index contributed by atoms with van der Waals surface area (Å²) in [5.41, 5.74) is 0. The molecule has 3 rings (SSSR count). The molecule has 0 spiro atoms. The molecule has 3 heteroatoms. The minimum absolute atomic E-state index is 0.217. The molecule has 0 amide bonds. The maximum absolute atomic E-state index is 11.9. The standard InChI is InChI=1S/C13H12BrNO/c14-12-4-3-10-7-15(8-11(10)6-12)13(16)5-9-1-2-9/h3-4,6-9H,1-2,5H2. The lowest BCUT2D eigenvalue weighted by molar-refractivity contribution is 0.0896. The predicted octanol–water partition coefficient (Wildman–Crippen LogP) is 3.84. The van der Waals surface area contributed by atoms with Crippen LogP contribution in [-0.4, -0.2) is 10.5 Å².